The molecule has 3 heteroatoms. The van der Waals surface area contributed by atoms with Crippen LogP contribution in [0.4, 0.5) is 0 Å². The minimum atomic E-state index is 0.123. The summed E-state index contributed by atoms with van der Waals surface area (Å²) in [5, 5.41) is 3.06. The Balaban J connectivity index is 1.94. The zero-order valence-corrected chi connectivity index (χ0v) is 11.5. The van der Waals surface area contributed by atoms with Gasteiger partial charge in [-0.2, -0.15) is 0 Å². The first-order chi connectivity index (χ1) is 8.70. The fourth-order valence-electron chi connectivity index (χ4n) is 2.52. The molecule has 0 aromatic heterocycles. The van der Waals surface area contributed by atoms with E-state index in [0.29, 0.717) is 5.88 Å². The number of rotatable bonds is 4. The number of carbonyl (C=O) groups is 1. The number of benzene rings is 1. The Labute approximate surface area is 114 Å². The van der Waals surface area contributed by atoms with Crippen LogP contribution in [0.1, 0.15) is 30.9 Å². The highest BCUT2D eigenvalue weighted by atomic mass is 35.5. The number of hydrogen-bond acceptors (Lipinski definition) is 1. The van der Waals surface area contributed by atoms with E-state index in [0.717, 1.165) is 25.7 Å². The smallest absolute Gasteiger partial charge is 0.223 e. The Morgan fingerprint density at radius 2 is 2.17 bits per heavy atom. The molecule has 1 amide bonds. The van der Waals surface area contributed by atoms with Gasteiger partial charge in [0, 0.05) is 17.8 Å². The van der Waals surface area contributed by atoms with Crippen LogP contribution in [0.2, 0.25) is 0 Å². The van der Waals surface area contributed by atoms with Crippen molar-refractivity contribution in [3.63, 3.8) is 0 Å². The maximum Gasteiger partial charge on any atom is 0.223 e. The van der Waals surface area contributed by atoms with E-state index in [9.17, 15) is 4.79 Å². The van der Waals surface area contributed by atoms with E-state index in [1.807, 2.05) is 6.92 Å². The van der Waals surface area contributed by atoms with Gasteiger partial charge in [0.1, 0.15) is 0 Å². The maximum atomic E-state index is 12.1. The van der Waals surface area contributed by atoms with Crippen LogP contribution >= 0.6 is 11.6 Å². The molecule has 1 aliphatic rings. The third-order valence-corrected chi connectivity index (χ3v) is 3.87. The van der Waals surface area contributed by atoms with E-state index in [-0.39, 0.29) is 17.9 Å². The van der Waals surface area contributed by atoms with Gasteiger partial charge >= 0.3 is 0 Å². The Bertz CT molecular complexity index is 419. The summed E-state index contributed by atoms with van der Waals surface area (Å²) < 4.78 is 0. The third kappa shape index (κ3) is 3.26. The molecule has 0 bridgehead atoms. The SMILES string of the molecule is CC(CCCl)NC(=O)C1CCc2ccccc2C1. The molecule has 0 fully saturated rings. The minimum absolute atomic E-state index is 0.123. The van der Waals surface area contributed by atoms with Crippen LogP contribution in [0.15, 0.2) is 24.3 Å². The summed E-state index contributed by atoms with van der Waals surface area (Å²) in [6.45, 7) is 2.01. The minimum Gasteiger partial charge on any atom is -0.353 e. The summed E-state index contributed by atoms with van der Waals surface area (Å²) in [7, 11) is 0. The average Bonchev–Trinajstić information content (AvgIpc) is 2.38. The van der Waals surface area contributed by atoms with Gasteiger partial charge in [0.25, 0.3) is 0 Å². The second-order valence-corrected chi connectivity index (χ2v) is 5.47. The first-order valence-electron chi connectivity index (χ1n) is 6.64. The number of halogens is 1. The molecule has 2 nitrogen and oxygen atoms in total. The van der Waals surface area contributed by atoms with Crippen molar-refractivity contribution in [1.82, 2.24) is 5.32 Å². The fourth-order valence-corrected chi connectivity index (χ4v) is 2.85. The molecule has 2 rings (SSSR count). The Morgan fingerprint density at radius 1 is 1.44 bits per heavy atom. The van der Waals surface area contributed by atoms with Gasteiger partial charge in [-0.15, -0.1) is 11.6 Å². The standard InChI is InChI=1S/C15H20ClNO/c1-11(8-9-16)17-15(18)14-7-6-12-4-2-3-5-13(12)10-14/h2-5,11,14H,6-10H2,1H3,(H,17,18). The molecule has 2 atom stereocenters. The first-order valence-corrected chi connectivity index (χ1v) is 7.17. The van der Waals surface area contributed by atoms with Gasteiger partial charge in [0.2, 0.25) is 5.91 Å². The summed E-state index contributed by atoms with van der Waals surface area (Å²) >= 11 is 5.68. The van der Waals surface area contributed by atoms with Gasteiger partial charge in [0.15, 0.2) is 0 Å². The predicted molar refractivity (Wildman–Crippen MR) is 74.9 cm³/mol. The van der Waals surface area contributed by atoms with Crippen molar-refractivity contribution in [1.29, 1.82) is 0 Å². The van der Waals surface area contributed by atoms with E-state index < -0.39 is 0 Å². The molecule has 1 aromatic carbocycles. The number of fused-ring (bicyclic) bond motifs is 1. The normalized spacial score (nSPS) is 20.0. The maximum absolute atomic E-state index is 12.1. The molecule has 0 spiro atoms. The van der Waals surface area contributed by atoms with Crippen molar-refractivity contribution < 1.29 is 4.79 Å². The lowest BCUT2D eigenvalue weighted by atomic mass is 9.83. The van der Waals surface area contributed by atoms with Crippen LogP contribution in [-0.4, -0.2) is 17.8 Å². The highest BCUT2D eigenvalue weighted by molar-refractivity contribution is 6.17. The van der Waals surface area contributed by atoms with E-state index in [1.165, 1.54) is 11.1 Å². The molecule has 1 aromatic rings. The Morgan fingerprint density at radius 3 is 2.89 bits per heavy atom. The zero-order valence-electron chi connectivity index (χ0n) is 10.8. The number of alkyl halides is 1. The van der Waals surface area contributed by atoms with Crippen molar-refractivity contribution in [2.45, 2.75) is 38.6 Å². The van der Waals surface area contributed by atoms with Gasteiger partial charge in [-0.05, 0) is 43.7 Å². The van der Waals surface area contributed by atoms with Crippen LogP contribution in [0, 0.1) is 5.92 Å². The van der Waals surface area contributed by atoms with Crippen LogP contribution in [0.25, 0.3) is 0 Å². The number of carbonyl (C=O) groups excluding carboxylic acids is 1. The second-order valence-electron chi connectivity index (χ2n) is 5.10. The third-order valence-electron chi connectivity index (χ3n) is 3.65. The van der Waals surface area contributed by atoms with Crippen LogP contribution < -0.4 is 5.32 Å². The molecule has 0 heterocycles. The van der Waals surface area contributed by atoms with Crippen LogP contribution in [-0.2, 0) is 17.6 Å². The molecule has 1 aliphatic carbocycles. The first kappa shape index (κ1) is 13.4. The molecular formula is C15H20ClNO. The van der Waals surface area contributed by atoms with Crippen molar-refractivity contribution in [2.75, 3.05) is 5.88 Å². The summed E-state index contributed by atoms with van der Waals surface area (Å²) in [6.07, 6.45) is 3.67. The van der Waals surface area contributed by atoms with Crippen LogP contribution in [0.3, 0.4) is 0 Å². The number of hydrogen-bond donors (Lipinski definition) is 1. The molecule has 0 radical (unpaired) electrons. The largest absolute Gasteiger partial charge is 0.353 e. The Hall–Kier alpha value is -1.02. The average molecular weight is 266 g/mol. The van der Waals surface area contributed by atoms with E-state index in [2.05, 4.69) is 29.6 Å². The monoisotopic (exact) mass is 265 g/mol. The van der Waals surface area contributed by atoms with Crippen molar-refractivity contribution >= 4 is 17.5 Å². The van der Waals surface area contributed by atoms with Crippen LogP contribution in [0.5, 0.6) is 0 Å². The highest BCUT2D eigenvalue weighted by Gasteiger charge is 2.24. The van der Waals surface area contributed by atoms with Crippen molar-refractivity contribution in [3.8, 4) is 0 Å². The molecule has 98 valence electrons. The van der Waals surface area contributed by atoms with Gasteiger partial charge in [-0.1, -0.05) is 24.3 Å². The van der Waals surface area contributed by atoms with E-state index >= 15 is 0 Å². The number of aryl methyl sites for hydroxylation is 1. The van der Waals surface area contributed by atoms with E-state index in [4.69, 9.17) is 11.6 Å². The Kier molecular flexibility index (Phi) is 4.65. The second kappa shape index (κ2) is 6.24. The van der Waals surface area contributed by atoms with Crippen molar-refractivity contribution in [2.24, 2.45) is 5.92 Å². The molecular weight excluding hydrogens is 246 g/mol. The van der Waals surface area contributed by atoms with E-state index in [1.54, 1.807) is 0 Å². The van der Waals surface area contributed by atoms with Gasteiger partial charge in [-0.3, -0.25) is 4.79 Å². The lowest BCUT2D eigenvalue weighted by Gasteiger charge is -2.25. The lowest BCUT2D eigenvalue weighted by molar-refractivity contribution is -0.125. The van der Waals surface area contributed by atoms with Crippen molar-refractivity contribution in [3.05, 3.63) is 35.4 Å². The quantitative estimate of drug-likeness (QED) is 0.834. The molecule has 0 saturated heterocycles. The molecule has 1 N–H and O–H groups in total. The summed E-state index contributed by atoms with van der Waals surface area (Å²) in [5.41, 5.74) is 2.73. The predicted octanol–water partition coefficient (Wildman–Crippen LogP) is 2.93. The number of nitrogens with one attached hydrogen (secondary N) is 1. The van der Waals surface area contributed by atoms with Gasteiger partial charge < -0.3 is 5.32 Å². The topological polar surface area (TPSA) is 29.1 Å². The molecule has 18 heavy (non-hydrogen) atoms. The highest BCUT2D eigenvalue weighted by Crippen LogP contribution is 2.25. The summed E-state index contributed by atoms with van der Waals surface area (Å²) in [4.78, 5) is 12.1. The number of amides is 1. The molecule has 0 aliphatic heterocycles. The lowest BCUT2D eigenvalue weighted by Crippen LogP contribution is -2.39. The summed E-state index contributed by atoms with van der Waals surface area (Å²) in [6, 6.07) is 8.60. The van der Waals surface area contributed by atoms with Gasteiger partial charge in [0.05, 0.1) is 0 Å². The molecule has 0 saturated carbocycles. The molecule has 2 unspecified atom stereocenters. The summed E-state index contributed by atoms with van der Waals surface area (Å²) in [5.74, 6) is 0.898. The van der Waals surface area contributed by atoms with Gasteiger partial charge in [-0.25, -0.2) is 0 Å². The fraction of sp³-hybridized carbons (Fsp3) is 0.533. The zero-order chi connectivity index (χ0) is 13.0.